The Morgan fingerprint density at radius 3 is 2.37 bits per heavy atom. The van der Waals surface area contributed by atoms with Crippen LogP contribution in [0.4, 0.5) is 0 Å². The van der Waals surface area contributed by atoms with Crippen LogP contribution < -0.4 is 10.0 Å². The standard InChI is InChI=1S/C13H25N3O2S/c1-10(2)7-15-19(17,18)13-6-12(8-14-5)16(9-13)11(3)4/h6,9-11,14-15H,7-8H2,1-5H3. The molecule has 0 atom stereocenters. The largest absolute Gasteiger partial charge is 0.346 e. The van der Waals surface area contributed by atoms with Gasteiger partial charge in [0.05, 0.1) is 4.90 Å². The molecule has 0 aliphatic rings. The molecule has 19 heavy (non-hydrogen) atoms. The summed E-state index contributed by atoms with van der Waals surface area (Å²) in [5.74, 6) is 0.290. The van der Waals surface area contributed by atoms with Crippen LogP contribution in [0.1, 0.15) is 39.4 Å². The molecule has 0 saturated carbocycles. The first-order valence-electron chi connectivity index (χ1n) is 6.63. The maximum absolute atomic E-state index is 12.2. The lowest BCUT2D eigenvalue weighted by atomic mass is 10.2. The third-order valence-corrected chi connectivity index (χ3v) is 4.20. The number of aromatic nitrogens is 1. The summed E-state index contributed by atoms with van der Waals surface area (Å²) in [7, 11) is -1.56. The summed E-state index contributed by atoms with van der Waals surface area (Å²) < 4.78 is 29.0. The number of sulfonamides is 1. The van der Waals surface area contributed by atoms with Crippen molar-refractivity contribution in [3.63, 3.8) is 0 Å². The van der Waals surface area contributed by atoms with Crippen molar-refractivity contribution in [2.75, 3.05) is 13.6 Å². The zero-order valence-corrected chi connectivity index (χ0v) is 13.2. The molecule has 0 unspecified atom stereocenters. The van der Waals surface area contributed by atoms with Crippen LogP contribution in [0.25, 0.3) is 0 Å². The molecule has 110 valence electrons. The molecule has 2 N–H and O–H groups in total. The highest BCUT2D eigenvalue weighted by atomic mass is 32.2. The average Bonchev–Trinajstić information content (AvgIpc) is 2.72. The molecule has 0 radical (unpaired) electrons. The number of hydrogen-bond donors (Lipinski definition) is 2. The van der Waals surface area contributed by atoms with Gasteiger partial charge in [-0.15, -0.1) is 0 Å². The van der Waals surface area contributed by atoms with Crippen molar-refractivity contribution in [1.82, 2.24) is 14.6 Å². The van der Waals surface area contributed by atoms with Gasteiger partial charge in [-0.05, 0) is 32.9 Å². The molecule has 0 amide bonds. The minimum Gasteiger partial charge on any atom is -0.346 e. The van der Waals surface area contributed by atoms with Gasteiger partial charge >= 0.3 is 0 Å². The minimum absolute atomic E-state index is 0.234. The lowest BCUT2D eigenvalue weighted by Gasteiger charge is -2.12. The Kier molecular flexibility index (Phi) is 5.58. The molecule has 5 nitrogen and oxygen atoms in total. The molecule has 0 aliphatic heterocycles. The van der Waals surface area contributed by atoms with Crippen LogP contribution in [-0.2, 0) is 16.6 Å². The second-order valence-electron chi connectivity index (χ2n) is 5.44. The van der Waals surface area contributed by atoms with Gasteiger partial charge in [0.15, 0.2) is 0 Å². The quantitative estimate of drug-likeness (QED) is 0.802. The van der Waals surface area contributed by atoms with Gasteiger partial charge < -0.3 is 9.88 Å². The molecule has 0 aliphatic carbocycles. The summed E-state index contributed by atoms with van der Waals surface area (Å²) in [6.45, 7) is 9.14. The van der Waals surface area contributed by atoms with Crippen molar-refractivity contribution in [2.24, 2.45) is 5.92 Å². The van der Waals surface area contributed by atoms with Crippen LogP contribution >= 0.6 is 0 Å². The molecular formula is C13H25N3O2S. The topological polar surface area (TPSA) is 63.1 Å². The van der Waals surface area contributed by atoms with Gasteiger partial charge in [0.25, 0.3) is 0 Å². The van der Waals surface area contributed by atoms with E-state index in [1.165, 1.54) is 0 Å². The minimum atomic E-state index is -3.41. The van der Waals surface area contributed by atoms with E-state index in [-0.39, 0.29) is 6.04 Å². The third-order valence-electron chi connectivity index (χ3n) is 2.81. The number of nitrogens with one attached hydrogen (secondary N) is 2. The fourth-order valence-corrected chi connectivity index (χ4v) is 3.07. The maximum Gasteiger partial charge on any atom is 0.242 e. The Bertz CT molecular complexity index is 504. The van der Waals surface area contributed by atoms with Crippen LogP contribution in [0.15, 0.2) is 17.2 Å². The molecule has 0 saturated heterocycles. The monoisotopic (exact) mass is 287 g/mol. The van der Waals surface area contributed by atoms with Crippen molar-refractivity contribution in [2.45, 2.75) is 45.2 Å². The lowest BCUT2D eigenvalue weighted by Crippen LogP contribution is -2.27. The molecule has 0 bridgehead atoms. The van der Waals surface area contributed by atoms with E-state index < -0.39 is 10.0 Å². The van der Waals surface area contributed by atoms with E-state index in [1.807, 2.05) is 39.3 Å². The first-order chi connectivity index (χ1) is 8.77. The highest BCUT2D eigenvalue weighted by Gasteiger charge is 2.19. The summed E-state index contributed by atoms with van der Waals surface area (Å²) in [5.41, 5.74) is 0.974. The molecule has 0 fully saturated rings. The average molecular weight is 287 g/mol. The molecule has 1 aromatic rings. The van der Waals surface area contributed by atoms with E-state index in [9.17, 15) is 8.42 Å². The Morgan fingerprint density at radius 2 is 1.89 bits per heavy atom. The molecule has 1 aromatic heterocycles. The van der Waals surface area contributed by atoms with Crippen molar-refractivity contribution in [1.29, 1.82) is 0 Å². The first kappa shape index (κ1) is 16.2. The summed E-state index contributed by atoms with van der Waals surface area (Å²) in [6, 6.07) is 1.97. The molecule has 1 heterocycles. The van der Waals surface area contributed by atoms with Crippen LogP contribution in [0.2, 0.25) is 0 Å². The summed E-state index contributed by atoms with van der Waals surface area (Å²) >= 11 is 0. The predicted octanol–water partition coefficient (Wildman–Crippen LogP) is 1.72. The van der Waals surface area contributed by atoms with Gasteiger partial charge in [0.1, 0.15) is 0 Å². The summed E-state index contributed by atoms with van der Waals surface area (Å²) in [4.78, 5) is 0.340. The zero-order chi connectivity index (χ0) is 14.6. The molecule has 6 heteroatoms. The van der Waals surface area contributed by atoms with E-state index in [0.717, 1.165) is 5.69 Å². The van der Waals surface area contributed by atoms with Crippen molar-refractivity contribution >= 4 is 10.0 Å². The second kappa shape index (κ2) is 6.54. The summed E-state index contributed by atoms with van der Waals surface area (Å²) in [5, 5.41) is 3.06. The van der Waals surface area contributed by atoms with E-state index in [4.69, 9.17) is 0 Å². The fourth-order valence-electron chi connectivity index (χ4n) is 1.81. The van der Waals surface area contributed by atoms with Gasteiger partial charge in [-0.2, -0.15) is 0 Å². The SMILES string of the molecule is CNCc1cc(S(=O)(=O)NCC(C)C)cn1C(C)C. The number of hydrogen-bond acceptors (Lipinski definition) is 3. The Balaban J connectivity index is 3.03. The normalized spacial score (nSPS) is 12.6. The van der Waals surface area contributed by atoms with E-state index in [2.05, 4.69) is 10.0 Å². The molecule has 1 rings (SSSR count). The number of rotatable bonds is 7. The van der Waals surface area contributed by atoms with Crippen molar-refractivity contribution in [3.05, 3.63) is 18.0 Å². The van der Waals surface area contributed by atoms with Gasteiger partial charge in [-0.3, -0.25) is 0 Å². The first-order valence-corrected chi connectivity index (χ1v) is 8.11. The van der Waals surface area contributed by atoms with Crippen molar-refractivity contribution < 1.29 is 8.42 Å². The Hall–Kier alpha value is -0.850. The van der Waals surface area contributed by atoms with E-state index in [1.54, 1.807) is 12.3 Å². The predicted molar refractivity (Wildman–Crippen MR) is 77.6 cm³/mol. The Labute approximate surface area is 116 Å². The lowest BCUT2D eigenvalue weighted by molar-refractivity contribution is 0.554. The Morgan fingerprint density at radius 1 is 1.26 bits per heavy atom. The van der Waals surface area contributed by atoms with Crippen LogP contribution in [0, 0.1) is 5.92 Å². The second-order valence-corrected chi connectivity index (χ2v) is 7.21. The van der Waals surface area contributed by atoms with Crippen LogP contribution in [0.5, 0.6) is 0 Å². The molecule has 0 aromatic carbocycles. The highest BCUT2D eigenvalue weighted by molar-refractivity contribution is 7.89. The molecular weight excluding hydrogens is 262 g/mol. The smallest absolute Gasteiger partial charge is 0.242 e. The fraction of sp³-hybridized carbons (Fsp3) is 0.692. The van der Waals surface area contributed by atoms with Gasteiger partial charge in [-0.25, -0.2) is 13.1 Å². The van der Waals surface area contributed by atoms with Gasteiger partial charge in [0, 0.05) is 31.0 Å². The van der Waals surface area contributed by atoms with Crippen LogP contribution in [-0.4, -0.2) is 26.6 Å². The van der Waals surface area contributed by atoms with Gasteiger partial charge in [-0.1, -0.05) is 13.8 Å². The maximum atomic E-state index is 12.2. The van der Waals surface area contributed by atoms with E-state index in [0.29, 0.717) is 23.9 Å². The van der Waals surface area contributed by atoms with E-state index >= 15 is 0 Å². The highest BCUT2D eigenvalue weighted by Crippen LogP contribution is 2.19. The molecule has 0 spiro atoms. The number of nitrogens with zero attached hydrogens (tertiary/aromatic N) is 1. The van der Waals surface area contributed by atoms with Crippen LogP contribution in [0.3, 0.4) is 0 Å². The van der Waals surface area contributed by atoms with Crippen molar-refractivity contribution in [3.8, 4) is 0 Å². The third kappa shape index (κ3) is 4.33. The zero-order valence-electron chi connectivity index (χ0n) is 12.4. The summed E-state index contributed by atoms with van der Waals surface area (Å²) in [6.07, 6.45) is 1.71. The van der Waals surface area contributed by atoms with Gasteiger partial charge in [0.2, 0.25) is 10.0 Å².